The van der Waals surface area contributed by atoms with Crippen molar-refractivity contribution in [1.29, 1.82) is 0 Å². The third-order valence-electron chi connectivity index (χ3n) is 2.72. The molecule has 0 unspecified atom stereocenters. The van der Waals surface area contributed by atoms with Crippen molar-refractivity contribution in [3.05, 3.63) is 57.7 Å². The van der Waals surface area contributed by atoms with Crippen LogP contribution in [0.2, 0.25) is 5.02 Å². The smallest absolute Gasteiger partial charge is 0.145 e. The second kappa shape index (κ2) is 5.41. The van der Waals surface area contributed by atoms with Crippen molar-refractivity contribution < 1.29 is 4.79 Å². The lowest BCUT2D eigenvalue weighted by Gasteiger charge is -2.00. The molecule has 5 heteroatoms. The lowest BCUT2D eigenvalue weighted by molar-refractivity contribution is -0.103. The van der Waals surface area contributed by atoms with Crippen LogP contribution < -0.4 is 10.6 Å². The van der Waals surface area contributed by atoms with Gasteiger partial charge in [0.25, 0.3) is 0 Å². The lowest BCUT2D eigenvalue weighted by atomic mass is 10.1. The van der Waals surface area contributed by atoms with E-state index in [1.807, 2.05) is 30.3 Å². The minimum atomic E-state index is 0.714. The number of carbonyl (C=O) groups excluding carboxylic acids is 1. The molecule has 19 heavy (non-hydrogen) atoms. The summed E-state index contributed by atoms with van der Waals surface area (Å²) in [4.78, 5) is 17.3. The summed E-state index contributed by atoms with van der Waals surface area (Å²) in [7, 11) is 3.37. The zero-order valence-electron chi connectivity index (χ0n) is 9.67. The third-order valence-corrected chi connectivity index (χ3v) is 5.47. The largest absolute Gasteiger partial charge is 0.298 e. The van der Waals surface area contributed by atoms with Gasteiger partial charge >= 0.3 is 0 Å². The van der Waals surface area contributed by atoms with Crippen LogP contribution in [0, 0.1) is 0 Å². The molecule has 1 aromatic carbocycles. The van der Waals surface area contributed by atoms with Gasteiger partial charge < -0.3 is 0 Å². The second-order valence-electron chi connectivity index (χ2n) is 3.87. The van der Waals surface area contributed by atoms with Gasteiger partial charge in [0.05, 0.1) is 5.35 Å². The highest BCUT2D eigenvalue weighted by atomic mass is 35.5. The summed E-state index contributed by atoms with van der Waals surface area (Å²) in [6, 6.07) is 9.67. The van der Waals surface area contributed by atoms with Crippen molar-refractivity contribution in [3.8, 4) is 0 Å². The van der Waals surface area contributed by atoms with Crippen LogP contribution in [0.1, 0.15) is 5.56 Å². The van der Waals surface area contributed by atoms with E-state index in [1.165, 1.54) is 6.08 Å². The number of benzene rings is 1. The van der Waals surface area contributed by atoms with Crippen molar-refractivity contribution >= 4 is 50.5 Å². The summed E-state index contributed by atoms with van der Waals surface area (Å²) < 4.78 is 0. The number of nitrogens with zero attached hydrogens (tertiary/aromatic N) is 1. The normalized spacial score (nSPS) is 14.6. The molecule has 0 saturated carbocycles. The summed E-state index contributed by atoms with van der Waals surface area (Å²) in [5, 5.41) is 2.47. The highest BCUT2D eigenvalue weighted by Crippen LogP contribution is 2.43. The number of fused-ring (bicyclic) bond motifs is 1. The molecule has 2 aromatic rings. The van der Waals surface area contributed by atoms with Gasteiger partial charge in [-0.1, -0.05) is 45.3 Å². The molecule has 3 rings (SSSR count). The third kappa shape index (κ3) is 2.43. The van der Waals surface area contributed by atoms with Crippen LogP contribution in [-0.2, 0) is 4.79 Å². The number of carbonyl (C=O) groups is 1. The molecule has 2 heterocycles. The Kier molecular flexibility index (Phi) is 3.64. The zero-order chi connectivity index (χ0) is 13.2. The van der Waals surface area contributed by atoms with Gasteiger partial charge in [0.1, 0.15) is 6.29 Å². The van der Waals surface area contributed by atoms with Crippen LogP contribution in [0.25, 0.3) is 11.0 Å². The molecule has 2 nitrogen and oxygen atoms in total. The van der Waals surface area contributed by atoms with Gasteiger partial charge in [-0.15, -0.1) is 0 Å². The number of aldehydes is 1. The summed E-state index contributed by atoms with van der Waals surface area (Å²) in [5.74, 6) is 0. The molecule has 0 saturated heterocycles. The van der Waals surface area contributed by atoms with E-state index in [1.54, 1.807) is 27.8 Å². The highest BCUT2D eigenvalue weighted by molar-refractivity contribution is 8.80. The Morgan fingerprint density at radius 2 is 1.89 bits per heavy atom. The van der Waals surface area contributed by atoms with Gasteiger partial charge in [0.2, 0.25) is 0 Å². The molecule has 94 valence electrons. The van der Waals surface area contributed by atoms with Crippen molar-refractivity contribution in [2.45, 2.75) is 4.90 Å². The lowest BCUT2D eigenvalue weighted by Crippen LogP contribution is -2.30. The average Bonchev–Trinajstić information content (AvgIpc) is 2.85. The number of halogens is 1. The first kappa shape index (κ1) is 12.8. The van der Waals surface area contributed by atoms with Gasteiger partial charge in [-0.2, -0.15) is 0 Å². The molecular weight excluding hydrogens is 298 g/mol. The Balaban J connectivity index is 2.32. The molecule has 0 atom stereocenters. The van der Waals surface area contributed by atoms with E-state index < -0.39 is 0 Å². The molecule has 0 fully saturated rings. The predicted octanol–water partition coefficient (Wildman–Crippen LogP) is 2.62. The second-order valence-corrected chi connectivity index (χ2v) is 6.49. The first-order valence-electron chi connectivity index (χ1n) is 5.55. The van der Waals surface area contributed by atoms with Gasteiger partial charge in [-0.05, 0) is 23.8 Å². The molecule has 1 aliphatic heterocycles. The number of hydrogen-bond donors (Lipinski definition) is 0. The van der Waals surface area contributed by atoms with Crippen LogP contribution in [0.4, 0.5) is 0 Å². The minimum absolute atomic E-state index is 0.714. The molecule has 1 aliphatic rings. The Morgan fingerprint density at radius 1 is 1.11 bits per heavy atom. The van der Waals surface area contributed by atoms with Crippen LogP contribution in [0.15, 0.2) is 41.4 Å². The Hall–Kier alpha value is -1.23. The van der Waals surface area contributed by atoms with E-state index in [0.717, 1.165) is 32.2 Å². The van der Waals surface area contributed by atoms with Crippen molar-refractivity contribution in [1.82, 2.24) is 4.98 Å². The maximum absolute atomic E-state index is 10.7. The van der Waals surface area contributed by atoms with E-state index in [9.17, 15) is 4.79 Å². The van der Waals surface area contributed by atoms with Crippen LogP contribution in [0.5, 0.6) is 0 Å². The topological polar surface area (TPSA) is 30.0 Å². The van der Waals surface area contributed by atoms with Crippen LogP contribution in [0.3, 0.4) is 0 Å². The van der Waals surface area contributed by atoms with E-state index in [4.69, 9.17) is 11.6 Å². The number of aromatic nitrogens is 1. The molecule has 0 aliphatic carbocycles. The van der Waals surface area contributed by atoms with Gasteiger partial charge in [0.15, 0.2) is 0 Å². The molecule has 0 spiro atoms. The van der Waals surface area contributed by atoms with Crippen LogP contribution >= 0.6 is 33.2 Å². The van der Waals surface area contributed by atoms with Crippen LogP contribution in [-0.4, -0.2) is 11.3 Å². The monoisotopic (exact) mass is 305 g/mol. The van der Waals surface area contributed by atoms with Gasteiger partial charge in [-0.25, -0.2) is 0 Å². The molecule has 0 amide bonds. The fourth-order valence-electron chi connectivity index (χ4n) is 1.87. The Morgan fingerprint density at radius 3 is 2.63 bits per heavy atom. The molecule has 1 aromatic heterocycles. The van der Waals surface area contributed by atoms with E-state index in [2.05, 4.69) is 4.98 Å². The zero-order valence-corrected chi connectivity index (χ0v) is 12.1. The Labute approximate surface area is 123 Å². The predicted molar refractivity (Wildman–Crippen MR) is 81.4 cm³/mol. The highest BCUT2D eigenvalue weighted by Gasteiger charge is 2.16. The minimum Gasteiger partial charge on any atom is -0.298 e. The van der Waals surface area contributed by atoms with Crippen molar-refractivity contribution in [2.24, 2.45) is 0 Å². The summed E-state index contributed by atoms with van der Waals surface area (Å²) in [6.07, 6.45) is 4.00. The SMILES string of the molecule is O=C/C=c1\nccc2c1=C(c1ccc(Cl)cc1)SS2. The van der Waals surface area contributed by atoms with Gasteiger partial charge in [-0.3, -0.25) is 9.78 Å². The van der Waals surface area contributed by atoms with Crippen molar-refractivity contribution in [2.75, 3.05) is 0 Å². The maximum atomic E-state index is 10.7. The standard InChI is InChI=1S/C14H8ClNOS2/c15-10-3-1-9(2-4-10)14-13-11(6-8-17)16-7-5-12(13)18-19-14/h1-8H/b11-6-. The number of pyridine rings is 1. The summed E-state index contributed by atoms with van der Waals surface area (Å²) in [5.41, 5.74) is 1.09. The van der Waals surface area contributed by atoms with E-state index >= 15 is 0 Å². The van der Waals surface area contributed by atoms with E-state index in [0.29, 0.717) is 5.02 Å². The fourth-order valence-corrected chi connectivity index (χ4v) is 4.64. The molecular formula is C14H8ClNOS2. The first-order chi connectivity index (χ1) is 9.29. The first-order valence-corrected chi connectivity index (χ1v) is 8.07. The molecule has 0 N–H and O–H groups in total. The number of rotatable bonds is 2. The summed E-state index contributed by atoms with van der Waals surface area (Å²) in [6.45, 7) is 0. The number of hydrogen-bond acceptors (Lipinski definition) is 4. The average molecular weight is 306 g/mol. The van der Waals surface area contributed by atoms with E-state index in [-0.39, 0.29) is 0 Å². The molecule has 0 bridgehead atoms. The quantitative estimate of drug-likeness (QED) is 0.630. The Bertz CT molecular complexity index is 756. The maximum Gasteiger partial charge on any atom is 0.145 e. The molecule has 0 radical (unpaired) electrons. The van der Waals surface area contributed by atoms with Gasteiger partial charge in [0, 0.05) is 32.3 Å². The van der Waals surface area contributed by atoms with Crippen molar-refractivity contribution in [3.63, 3.8) is 0 Å². The summed E-state index contributed by atoms with van der Waals surface area (Å²) >= 11 is 5.91. The fraction of sp³-hybridized carbons (Fsp3) is 0.